The van der Waals surface area contributed by atoms with E-state index in [0.717, 1.165) is 30.8 Å². The van der Waals surface area contributed by atoms with Crippen LogP contribution in [-0.2, 0) is 6.42 Å². The molecule has 0 saturated heterocycles. The van der Waals surface area contributed by atoms with Crippen LogP contribution >= 0.6 is 22.7 Å². The summed E-state index contributed by atoms with van der Waals surface area (Å²) < 4.78 is 1.37. The number of benzene rings is 2. The Bertz CT molecular complexity index is 1670. The van der Waals surface area contributed by atoms with Gasteiger partial charge in [0.05, 0.1) is 29.9 Å². The van der Waals surface area contributed by atoms with E-state index in [1.165, 1.54) is 58.2 Å². The molecule has 3 atom stereocenters. The van der Waals surface area contributed by atoms with Crippen LogP contribution in [0, 0.1) is 13.8 Å². The van der Waals surface area contributed by atoms with Gasteiger partial charge >= 0.3 is 0 Å². The molecule has 4 aromatic rings. The van der Waals surface area contributed by atoms with Crippen LogP contribution in [0.3, 0.4) is 0 Å². The van der Waals surface area contributed by atoms with E-state index in [2.05, 4.69) is 91.9 Å². The van der Waals surface area contributed by atoms with E-state index < -0.39 is 0 Å². The SMILES string of the molecule is CCc1sc2ccc(C3CC4=C(C3)C(c3cc(C)sc3C)NC(C)=N4)cc2c1C1NC=Nc2ccccc21. The van der Waals surface area contributed by atoms with Crippen molar-refractivity contribution in [1.29, 1.82) is 0 Å². The van der Waals surface area contributed by atoms with Crippen LogP contribution in [-0.4, -0.2) is 12.2 Å². The van der Waals surface area contributed by atoms with Crippen molar-refractivity contribution in [2.45, 2.75) is 65.0 Å². The molecule has 2 N–H and O–H groups in total. The second-order valence-corrected chi connectivity index (χ2v) is 13.3. The van der Waals surface area contributed by atoms with Crippen molar-refractivity contribution in [2.75, 3.05) is 0 Å². The van der Waals surface area contributed by atoms with Gasteiger partial charge in [-0.25, -0.2) is 9.98 Å². The Balaban J connectivity index is 1.27. The lowest BCUT2D eigenvalue weighted by Crippen LogP contribution is -2.30. The Morgan fingerprint density at radius 1 is 0.947 bits per heavy atom. The third kappa shape index (κ3) is 3.85. The highest BCUT2D eigenvalue weighted by atomic mass is 32.1. The molecule has 2 aromatic heterocycles. The molecule has 0 bridgehead atoms. The first kappa shape index (κ1) is 23.9. The third-order valence-electron chi connectivity index (χ3n) is 8.27. The molecule has 0 spiro atoms. The smallest absolute Gasteiger partial charge is 0.0994 e. The van der Waals surface area contributed by atoms with E-state index in [0.29, 0.717) is 5.92 Å². The summed E-state index contributed by atoms with van der Waals surface area (Å²) in [7, 11) is 0. The van der Waals surface area contributed by atoms with Crippen molar-refractivity contribution >= 4 is 50.6 Å². The Morgan fingerprint density at radius 2 is 1.82 bits per heavy atom. The molecule has 2 aliphatic heterocycles. The molecule has 7 rings (SSSR count). The van der Waals surface area contributed by atoms with Crippen LogP contribution in [0.25, 0.3) is 10.1 Å². The maximum atomic E-state index is 4.99. The largest absolute Gasteiger partial charge is 0.365 e. The topological polar surface area (TPSA) is 48.8 Å². The van der Waals surface area contributed by atoms with Crippen molar-refractivity contribution in [3.63, 3.8) is 0 Å². The standard InChI is InChI=1S/C32H32N4S2/c1-5-28-30(32-22-8-6-7-9-26(22)33-16-34-32)25-13-20(10-11-29(25)38-28)21-14-24-27(15-21)35-19(4)36-31(24)23-12-17(2)37-18(23)3/h6-13,16,21,31-32H,5,14-15H2,1-4H3,(H,33,34)(H,35,36). The van der Waals surface area contributed by atoms with Gasteiger partial charge in [-0.1, -0.05) is 31.2 Å². The minimum Gasteiger partial charge on any atom is -0.365 e. The molecule has 1 aliphatic carbocycles. The lowest BCUT2D eigenvalue weighted by atomic mass is 9.89. The molecule has 0 fully saturated rings. The van der Waals surface area contributed by atoms with Gasteiger partial charge in [0.2, 0.25) is 0 Å². The summed E-state index contributed by atoms with van der Waals surface area (Å²) in [6.45, 7) is 8.84. The lowest BCUT2D eigenvalue weighted by molar-refractivity contribution is 0.668. The van der Waals surface area contributed by atoms with Gasteiger partial charge in [-0.05, 0) is 92.3 Å². The van der Waals surface area contributed by atoms with Crippen LogP contribution in [0.15, 0.2) is 69.8 Å². The number of rotatable bonds is 4. The number of hydrogen-bond donors (Lipinski definition) is 2. The minimum absolute atomic E-state index is 0.128. The highest BCUT2D eigenvalue weighted by Crippen LogP contribution is 2.49. The second-order valence-electron chi connectivity index (χ2n) is 10.7. The van der Waals surface area contributed by atoms with Gasteiger partial charge < -0.3 is 10.6 Å². The fourth-order valence-corrected chi connectivity index (χ4v) is 8.69. The third-order valence-corrected chi connectivity index (χ3v) is 10.6. The normalized spacial score (nSPS) is 22.2. The van der Waals surface area contributed by atoms with Crippen LogP contribution < -0.4 is 10.6 Å². The van der Waals surface area contributed by atoms with Crippen molar-refractivity contribution in [3.8, 4) is 0 Å². The molecular weight excluding hydrogens is 505 g/mol. The first-order valence-electron chi connectivity index (χ1n) is 13.5. The van der Waals surface area contributed by atoms with Gasteiger partial charge in [-0.3, -0.25) is 0 Å². The monoisotopic (exact) mass is 536 g/mol. The molecule has 4 heterocycles. The van der Waals surface area contributed by atoms with Gasteiger partial charge in [-0.2, -0.15) is 0 Å². The summed E-state index contributed by atoms with van der Waals surface area (Å²) in [4.78, 5) is 13.8. The number of thiophene rings is 2. The number of nitrogens with one attached hydrogen (secondary N) is 2. The fraction of sp³-hybridized carbons (Fsp3) is 0.312. The van der Waals surface area contributed by atoms with Gasteiger partial charge in [-0.15, -0.1) is 22.7 Å². The zero-order valence-corrected chi connectivity index (χ0v) is 23.9. The Kier molecular flexibility index (Phi) is 5.78. The quantitative estimate of drug-likeness (QED) is 0.275. The summed E-state index contributed by atoms with van der Waals surface area (Å²) in [5.41, 5.74) is 9.35. The van der Waals surface area contributed by atoms with E-state index in [9.17, 15) is 0 Å². The number of aliphatic imine (C=N–C) groups is 2. The first-order chi connectivity index (χ1) is 18.5. The number of allylic oxidation sites excluding steroid dienone is 1. The maximum absolute atomic E-state index is 4.99. The van der Waals surface area contributed by atoms with Crippen LogP contribution in [0.1, 0.15) is 81.6 Å². The summed E-state index contributed by atoms with van der Waals surface area (Å²) in [5, 5.41) is 8.69. The van der Waals surface area contributed by atoms with Crippen molar-refractivity contribution in [2.24, 2.45) is 9.98 Å². The Hall–Kier alpha value is -3.22. The number of fused-ring (bicyclic) bond motifs is 2. The number of hydrogen-bond acceptors (Lipinski definition) is 6. The molecule has 2 aromatic carbocycles. The fourth-order valence-electron chi connectivity index (χ4n) is 6.57. The average Bonchev–Trinajstić information content (AvgIpc) is 3.61. The molecule has 0 radical (unpaired) electrons. The molecule has 3 aliphatic rings. The molecule has 192 valence electrons. The van der Waals surface area contributed by atoms with E-state index in [-0.39, 0.29) is 12.1 Å². The number of nitrogens with zero attached hydrogens (tertiary/aromatic N) is 2. The summed E-state index contributed by atoms with van der Waals surface area (Å²) in [6, 6.07) is 18.5. The first-order valence-corrected chi connectivity index (χ1v) is 15.2. The van der Waals surface area contributed by atoms with Gasteiger partial charge in [0.25, 0.3) is 0 Å². The van der Waals surface area contributed by atoms with Gasteiger partial charge in [0, 0.05) is 36.2 Å². The summed E-state index contributed by atoms with van der Waals surface area (Å²) >= 11 is 3.83. The maximum Gasteiger partial charge on any atom is 0.0994 e. The predicted molar refractivity (Wildman–Crippen MR) is 163 cm³/mol. The van der Waals surface area contributed by atoms with E-state index in [1.54, 1.807) is 0 Å². The Morgan fingerprint density at radius 3 is 2.63 bits per heavy atom. The van der Waals surface area contributed by atoms with E-state index in [4.69, 9.17) is 4.99 Å². The van der Waals surface area contributed by atoms with Gasteiger partial charge in [0.15, 0.2) is 0 Å². The highest BCUT2D eigenvalue weighted by molar-refractivity contribution is 7.19. The molecule has 6 heteroatoms. The molecule has 0 amide bonds. The lowest BCUT2D eigenvalue weighted by Gasteiger charge is -2.26. The predicted octanol–water partition coefficient (Wildman–Crippen LogP) is 8.39. The minimum atomic E-state index is 0.128. The number of amidine groups is 1. The van der Waals surface area contributed by atoms with Crippen LogP contribution in [0.2, 0.25) is 0 Å². The molecular formula is C32H32N4S2. The molecule has 38 heavy (non-hydrogen) atoms. The van der Waals surface area contributed by atoms with E-state index in [1.807, 2.05) is 29.0 Å². The van der Waals surface area contributed by atoms with Crippen LogP contribution in [0.4, 0.5) is 5.69 Å². The van der Waals surface area contributed by atoms with Crippen LogP contribution in [0.5, 0.6) is 0 Å². The summed E-state index contributed by atoms with van der Waals surface area (Å²) in [5.74, 6) is 1.49. The zero-order valence-electron chi connectivity index (χ0n) is 22.3. The second kappa shape index (κ2) is 9.21. The van der Waals surface area contributed by atoms with Crippen molar-refractivity contribution in [3.05, 3.63) is 96.7 Å². The van der Waals surface area contributed by atoms with Crippen molar-refractivity contribution < 1.29 is 0 Å². The Labute approximate surface area is 232 Å². The zero-order chi connectivity index (χ0) is 26.0. The molecule has 4 nitrogen and oxygen atoms in total. The highest BCUT2D eigenvalue weighted by Gasteiger charge is 2.35. The average molecular weight is 537 g/mol. The molecule has 3 unspecified atom stereocenters. The number of aryl methyl sites for hydroxylation is 3. The summed E-state index contributed by atoms with van der Waals surface area (Å²) in [6.07, 6.45) is 4.97. The molecule has 0 saturated carbocycles. The van der Waals surface area contributed by atoms with Gasteiger partial charge in [0.1, 0.15) is 0 Å². The number of para-hydroxylation sites is 1. The van der Waals surface area contributed by atoms with E-state index >= 15 is 0 Å². The van der Waals surface area contributed by atoms with Crippen molar-refractivity contribution in [1.82, 2.24) is 10.6 Å².